The summed E-state index contributed by atoms with van der Waals surface area (Å²) >= 11 is 5.45. The molecule has 5 heteroatoms. The molecule has 4 nitrogen and oxygen atoms in total. The van der Waals surface area contributed by atoms with Gasteiger partial charge in [0.05, 0.1) is 12.2 Å². The standard InChI is InChI=1S/C15H20N2O2S/c1-10-8-17(9-11(2)19-10)15(20)16-14-6-4-5-13(7-14)12(3)18/h4-7,10-11H,8-9H2,1-3H3,(H,16,20)/t10-,11-/m1/s1. The quantitative estimate of drug-likeness (QED) is 0.670. The van der Waals surface area contributed by atoms with Crippen LogP contribution in [0, 0.1) is 0 Å². The first-order valence-corrected chi connectivity index (χ1v) is 7.19. The number of hydrogen-bond acceptors (Lipinski definition) is 3. The predicted molar refractivity (Wildman–Crippen MR) is 84.2 cm³/mol. The van der Waals surface area contributed by atoms with E-state index in [1.54, 1.807) is 13.0 Å². The van der Waals surface area contributed by atoms with E-state index in [4.69, 9.17) is 17.0 Å². The van der Waals surface area contributed by atoms with Gasteiger partial charge in [0.25, 0.3) is 0 Å². The van der Waals surface area contributed by atoms with Crippen molar-refractivity contribution in [1.29, 1.82) is 0 Å². The van der Waals surface area contributed by atoms with E-state index in [9.17, 15) is 4.79 Å². The zero-order chi connectivity index (χ0) is 14.7. The number of thiocarbonyl (C=S) groups is 1. The smallest absolute Gasteiger partial charge is 0.173 e. The molecular formula is C15H20N2O2S. The van der Waals surface area contributed by atoms with Gasteiger partial charge in [-0.15, -0.1) is 0 Å². The summed E-state index contributed by atoms with van der Waals surface area (Å²) in [6.07, 6.45) is 0.337. The Labute approximate surface area is 125 Å². The van der Waals surface area contributed by atoms with Gasteiger partial charge in [0.15, 0.2) is 10.9 Å². The zero-order valence-corrected chi connectivity index (χ0v) is 12.9. The highest BCUT2D eigenvalue weighted by molar-refractivity contribution is 7.80. The second-order valence-electron chi connectivity index (χ2n) is 5.23. The number of benzene rings is 1. The molecule has 2 atom stereocenters. The molecule has 1 heterocycles. The van der Waals surface area contributed by atoms with Crippen LogP contribution in [-0.4, -0.2) is 41.1 Å². The molecule has 1 aromatic carbocycles. The first-order valence-electron chi connectivity index (χ1n) is 6.78. The summed E-state index contributed by atoms with van der Waals surface area (Å²) in [5.41, 5.74) is 1.52. The van der Waals surface area contributed by atoms with Crippen LogP contribution in [0.2, 0.25) is 0 Å². The molecule has 20 heavy (non-hydrogen) atoms. The van der Waals surface area contributed by atoms with Gasteiger partial charge in [-0.25, -0.2) is 0 Å². The summed E-state index contributed by atoms with van der Waals surface area (Å²) in [6.45, 7) is 7.21. The van der Waals surface area contributed by atoms with Crippen LogP contribution in [0.25, 0.3) is 0 Å². The minimum Gasteiger partial charge on any atom is -0.372 e. The van der Waals surface area contributed by atoms with E-state index in [2.05, 4.69) is 10.2 Å². The fraction of sp³-hybridized carbons (Fsp3) is 0.467. The summed E-state index contributed by atoms with van der Waals surface area (Å²) in [6, 6.07) is 7.38. The third-order valence-corrected chi connectivity index (χ3v) is 3.59. The Balaban J connectivity index is 2.04. The number of nitrogens with one attached hydrogen (secondary N) is 1. The van der Waals surface area contributed by atoms with Crippen molar-refractivity contribution < 1.29 is 9.53 Å². The number of ketones is 1. The van der Waals surface area contributed by atoms with Crippen molar-refractivity contribution in [1.82, 2.24) is 4.90 Å². The maximum absolute atomic E-state index is 11.4. The fourth-order valence-corrected chi connectivity index (χ4v) is 2.63. The molecule has 0 amide bonds. The molecular weight excluding hydrogens is 272 g/mol. The second kappa shape index (κ2) is 6.33. The van der Waals surface area contributed by atoms with E-state index in [-0.39, 0.29) is 18.0 Å². The lowest BCUT2D eigenvalue weighted by atomic mass is 10.1. The van der Waals surface area contributed by atoms with Crippen LogP contribution in [0.3, 0.4) is 0 Å². The topological polar surface area (TPSA) is 41.6 Å². The van der Waals surface area contributed by atoms with E-state index in [1.807, 2.05) is 32.0 Å². The van der Waals surface area contributed by atoms with Crippen molar-refractivity contribution in [3.05, 3.63) is 29.8 Å². The van der Waals surface area contributed by atoms with Gasteiger partial charge in [-0.1, -0.05) is 12.1 Å². The first-order chi connectivity index (χ1) is 9.45. The van der Waals surface area contributed by atoms with Gasteiger partial charge >= 0.3 is 0 Å². The highest BCUT2D eigenvalue weighted by Crippen LogP contribution is 2.15. The van der Waals surface area contributed by atoms with Gasteiger partial charge in [-0.05, 0) is 45.1 Å². The van der Waals surface area contributed by atoms with Crippen molar-refractivity contribution in [2.75, 3.05) is 18.4 Å². The number of rotatable bonds is 2. The number of carbonyl (C=O) groups excluding carboxylic acids is 1. The van der Waals surface area contributed by atoms with Gasteiger partial charge < -0.3 is 15.0 Å². The molecule has 0 unspecified atom stereocenters. The highest BCUT2D eigenvalue weighted by atomic mass is 32.1. The van der Waals surface area contributed by atoms with Gasteiger partial charge in [0, 0.05) is 24.3 Å². The van der Waals surface area contributed by atoms with E-state index in [1.165, 1.54) is 0 Å². The van der Waals surface area contributed by atoms with E-state index >= 15 is 0 Å². The normalized spacial score (nSPS) is 22.4. The Morgan fingerprint density at radius 2 is 2.00 bits per heavy atom. The van der Waals surface area contributed by atoms with Gasteiger partial charge in [-0.3, -0.25) is 4.79 Å². The van der Waals surface area contributed by atoms with Gasteiger partial charge in [0.1, 0.15) is 0 Å². The van der Waals surface area contributed by atoms with Crippen LogP contribution in [-0.2, 0) is 4.74 Å². The lowest BCUT2D eigenvalue weighted by molar-refractivity contribution is -0.0473. The lowest BCUT2D eigenvalue weighted by Crippen LogP contribution is -2.49. The number of nitrogens with zero attached hydrogens (tertiary/aromatic N) is 1. The van der Waals surface area contributed by atoms with E-state index < -0.39 is 0 Å². The number of carbonyl (C=O) groups is 1. The molecule has 0 saturated carbocycles. The van der Waals surface area contributed by atoms with Gasteiger partial charge in [0.2, 0.25) is 0 Å². The summed E-state index contributed by atoms with van der Waals surface area (Å²) in [7, 11) is 0. The number of ether oxygens (including phenoxy) is 1. The average Bonchev–Trinajstić information content (AvgIpc) is 2.37. The molecule has 0 aliphatic carbocycles. The second-order valence-corrected chi connectivity index (χ2v) is 5.62. The average molecular weight is 292 g/mol. The van der Waals surface area contributed by atoms with Crippen LogP contribution in [0.15, 0.2) is 24.3 Å². The molecule has 0 spiro atoms. The molecule has 1 aliphatic heterocycles. The van der Waals surface area contributed by atoms with Crippen LogP contribution in [0.4, 0.5) is 5.69 Å². The molecule has 1 saturated heterocycles. The maximum Gasteiger partial charge on any atom is 0.173 e. The molecule has 2 rings (SSSR count). The molecule has 1 fully saturated rings. The zero-order valence-electron chi connectivity index (χ0n) is 12.1. The number of anilines is 1. The van der Waals surface area contributed by atoms with E-state index in [0.717, 1.165) is 18.8 Å². The molecule has 1 aliphatic rings. The lowest BCUT2D eigenvalue weighted by Gasteiger charge is -2.36. The largest absolute Gasteiger partial charge is 0.372 e. The van der Waals surface area contributed by atoms with Crippen LogP contribution < -0.4 is 5.32 Å². The Hall–Kier alpha value is -1.46. The third kappa shape index (κ3) is 3.77. The molecule has 108 valence electrons. The summed E-state index contributed by atoms with van der Waals surface area (Å²) in [5, 5.41) is 3.87. The predicted octanol–water partition coefficient (Wildman–Crippen LogP) is 2.70. The van der Waals surface area contributed by atoms with Gasteiger partial charge in [-0.2, -0.15) is 0 Å². The van der Waals surface area contributed by atoms with Crippen molar-refractivity contribution in [2.24, 2.45) is 0 Å². The van der Waals surface area contributed by atoms with Crippen LogP contribution in [0.1, 0.15) is 31.1 Å². The fourth-order valence-electron chi connectivity index (χ4n) is 2.36. The molecule has 0 bridgehead atoms. The first kappa shape index (κ1) is 14.9. The molecule has 0 radical (unpaired) electrons. The number of hydrogen-bond donors (Lipinski definition) is 1. The van der Waals surface area contributed by atoms with Crippen LogP contribution >= 0.6 is 12.2 Å². The Morgan fingerprint density at radius 1 is 1.35 bits per heavy atom. The minimum absolute atomic E-state index is 0.0492. The number of Topliss-reactive ketones (excluding diaryl/α,β-unsaturated/α-hetero) is 1. The summed E-state index contributed by atoms with van der Waals surface area (Å²) < 4.78 is 5.69. The highest BCUT2D eigenvalue weighted by Gasteiger charge is 2.23. The molecule has 1 N–H and O–H groups in total. The monoisotopic (exact) mass is 292 g/mol. The van der Waals surface area contributed by atoms with Crippen LogP contribution in [0.5, 0.6) is 0 Å². The maximum atomic E-state index is 11.4. The molecule has 0 aromatic heterocycles. The Kier molecular flexibility index (Phi) is 4.73. The van der Waals surface area contributed by atoms with Crippen molar-refractivity contribution in [3.8, 4) is 0 Å². The van der Waals surface area contributed by atoms with Crippen molar-refractivity contribution in [2.45, 2.75) is 33.0 Å². The van der Waals surface area contributed by atoms with Crippen molar-refractivity contribution in [3.63, 3.8) is 0 Å². The Bertz CT molecular complexity index is 508. The molecule has 1 aromatic rings. The van der Waals surface area contributed by atoms with Crippen molar-refractivity contribution >= 4 is 28.8 Å². The third-order valence-electron chi connectivity index (χ3n) is 3.23. The SMILES string of the molecule is CC(=O)c1cccc(NC(=S)N2C[C@@H](C)O[C@H](C)C2)c1. The van der Waals surface area contributed by atoms with E-state index in [0.29, 0.717) is 10.7 Å². The minimum atomic E-state index is 0.0492. The number of morpholine rings is 1. The summed E-state index contributed by atoms with van der Waals surface area (Å²) in [5.74, 6) is 0.0492. The Morgan fingerprint density at radius 3 is 2.60 bits per heavy atom. The summed E-state index contributed by atoms with van der Waals surface area (Å²) in [4.78, 5) is 13.5.